The molecule has 3 rings (SSSR count). The summed E-state index contributed by atoms with van der Waals surface area (Å²) in [6, 6.07) is 3.57. The van der Waals surface area contributed by atoms with Gasteiger partial charge in [-0.25, -0.2) is 8.78 Å². The summed E-state index contributed by atoms with van der Waals surface area (Å²) in [5, 5.41) is 3.35. The topological polar surface area (TPSA) is 15.3 Å². The minimum absolute atomic E-state index is 0.0255. The van der Waals surface area contributed by atoms with E-state index in [1.807, 2.05) is 6.07 Å². The van der Waals surface area contributed by atoms with Crippen LogP contribution in [0.4, 0.5) is 8.78 Å². The van der Waals surface area contributed by atoms with Crippen molar-refractivity contribution in [3.05, 3.63) is 34.9 Å². The van der Waals surface area contributed by atoms with Crippen molar-refractivity contribution >= 4 is 0 Å². The molecule has 1 aliphatic heterocycles. The fourth-order valence-electron chi connectivity index (χ4n) is 4.05. The second kappa shape index (κ2) is 7.05. The van der Waals surface area contributed by atoms with Gasteiger partial charge in [0.15, 0.2) is 11.6 Å². The van der Waals surface area contributed by atoms with Crippen LogP contribution in [-0.4, -0.2) is 31.1 Å². The van der Waals surface area contributed by atoms with E-state index in [9.17, 15) is 8.78 Å². The van der Waals surface area contributed by atoms with E-state index in [1.165, 1.54) is 19.3 Å². The zero-order valence-corrected chi connectivity index (χ0v) is 13.4. The lowest BCUT2D eigenvalue weighted by atomic mass is 9.79. The summed E-state index contributed by atoms with van der Waals surface area (Å²) in [6.45, 7) is 5.31. The zero-order chi connectivity index (χ0) is 15.5. The van der Waals surface area contributed by atoms with E-state index < -0.39 is 11.6 Å². The van der Waals surface area contributed by atoms with Crippen molar-refractivity contribution in [2.75, 3.05) is 26.2 Å². The Morgan fingerprint density at radius 2 is 1.73 bits per heavy atom. The molecule has 4 heteroatoms. The van der Waals surface area contributed by atoms with Gasteiger partial charge in [0.25, 0.3) is 0 Å². The average Bonchev–Trinajstić information content (AvgIpc) is 2.57. The van der Waals surface area contributed by atoms with Gasteiger partial charge in [-0.3, -0.25) is 4.90 Å². The third-order valence-corrected chi connectivity index (χ3v) is 5.27. The van der Waals surface area contributed by atoms with Gasteiger partial charge in [0.2, 0.25) is 0 Å². The number of nitrogens with zero attached hydrogens (tertiary/aromatic N) is 1. The van der Waals surface area contributed by atoms with Crippen molar-refractivity contribution in [3.8, 4) is 0 Å². The van der Waals surface area contributed by atoms with E-state index in [-0.39, 0.29) is 6.04 Å². The smallest absolute Gasteiger partial charge is 0.163 e. The molecule has 2 fully saturated rings. The first-order valence-corrected chi connectivity index (χ1v) is 8.57. The summed E-state index contributed by atoms with van der Waals surface area (Å²) in [5.74, 6) is -0.856. The molecular formula is C18H26F2N2. The van der Waals surface area contributed by atoms with E-state index in [1.54, 1.807) is 13.0 Å². The van der Waals surface area contributed by atoms with E-state index >= 15 is 0 Å². The minimum atomic E-state index is -0.673. The van der Waals surface area contributed by atoms with E-state index in [0.29, 0.717) is 17.0 Å². The molecule has 0 radical (unpaired) electrons. The summed E-state index contributed by atoms with van der Waals surface area (Å²) < 4.78 is 28.7. The number of aryl methyl sites for hydroxylation is 1. The predicted octanol–water partition coefficient (Wildman–Crippen LogP) is 3.80. The van der Waals surface area contributed by atoms with Crippen molar-refractivity contribution in [2.24, 2.45) is 5.92 Å². The Morgan fingerprint density at radius 1 is 1.05 bits per heavy atom. The highest BCUT2D eigenvalue weighted by molar-refractivity contribution is 5.28. The highest BCUT2D eigenvalue weighted by atomic mass is 19.2. The lowest BCUT2D eigenvalue weighted by Crippen LogP contribution is -2.47. The van der Waals surface area contributed by atoms with Crippen LogP contribution in [-0.2, 0) is 0 Å². The molecular weight excluding hydrogens is 282 g/mol. The summed E-state index contributed by atoms with van der Waals surface area (Å²) in [7, 11) is 0. The Balaban J connectivity index is 1.94. The lowest BCUT2D eigenvalue weighted by Gasteiger charge is -2.41. The fraction of sp³-hybridized carbons (Fsp3) is 0.667. The molecule has 22 heavy (non-hydrogen) atoms. The standard InChI is InChI=1S/C18H26F2N2/c1-13-7-8-15(17(20)16(13)19)18(14-5-3-2-4-6-14)22-11-9-21-10-12-22/h7-8,14,18,21H,2-6,9-12H2,1H3/t18-/m1/s1. The Labute approximate surface area is 131 Å². The van der Waals surface area contributed by atoms with Crippen LogP contribution < -0.4 is 5.32 Å². The average molecular weight is 308 g/mol. The monoisotopic (exact) mass is 308 g/mol. The first-order chi connectivity index (χ1) is 10.7. The SMILES string of the molecule is Cc1ccc([C@@H](C2CCCCC2)N2CCNCC2)c(F)c1F. The maximum Gasteiger partial charge on any atom is 0.163 e. The Hall–Kier alpha value is -1.00. The number of halogens is 2. The van der Waals surface area contributed by atoms with Crippen LogP contribution in [0, 0.1) is 24.5 Å². The molecule has 0 unspecified atom stereocenters. The van der Waals surface area contributed by atoms with E-state index in [4.69, 9.17) is 0 Å². The van der Waals surface area contributed by atoms with Gasteiger partial charge in [-0.1, -0.05) is 31.4 Å². The fourth-order valence-corrected chi connectivity index (χ4v) is 4.05. The van der Waals surface area contributed by atoms with E-state index in [0.717, 1.165) is 39.0 Å². The zero-order valence-electron chi connectivity index (χ0n) is 13.4. The molecule has 1 heterocycles. The predicted molar refractivity (Wildman–Crippen MR) is 84.9 cm³/mol. The summed E-state index contributed by atoms with van der Waals surface area (Å²) in [6.07, 6.45) is 5.95. The highest BCUT2D eigenvalue weighted by Gasteiger charge is 2.33. The Morgan fingerprint density at radius 3 is 2.41 bits per heavy atom. The van der Waals surface area contributed by atoms with Gasteiger partial charge in [-0.05, 0) is 31.2 Å². The molecule has 2 aliphatic rings. The van der Waals surface area contributed by atoms with Crippen molar-refractivity contribution in [1.82, 2.24) is 10.2 Å². The summed E-state index contributed by atoms with van der Waals surface area (Å²) in [4.78, 5) is 2.36. The minimum Gasteiger partial charge on any atom is -0.314 e. The van der Waals surface area contributed by atoms with Crippen LogP contribution in [0.2, 0.25) is 0 Å². The second-order valence-electron chi connectivity index (χ2n) is 6.73. The summed E-state index contributed by atoms with van der Waals surface area (Å²) in [5.41, 5.74) is 0.959. The molecule has 1 saturated carbocycles. The van der Waals surface area contributed by atoms with Crippen molar-refractivity contribution in [2.45, 2.75) is 45.1 Å². The normalized spacial score (nSPS) is 22.7. The first kappa shape index (κ1) is 15.9. The molecule has 1 saturated heterocycles. The van der Waals surface area contributed by atoms with Gasteiger partial charge in [-0.15, -0.1) is 0 Å². The number of hydrogen-bond acceptors (Lipinski definition) is 2. The molecule has 122 valence electrons. The largest absolute Gasteiger partial charge is 0.314 e. The van der Waals surface area contributed by atoms with Crippen LogP contribution in [0.25, 0.3) is 0 Å². The van der Waals surface area contributed by atoms with Gasteiger partial charge >= 0.3 is 0 Å². The van der Waals surface area contributed by atoms with Gasteiger partial charge in [0.1, 0.15) is 0 Å². The molecule has 0 amide bonds. The Kier molecular flexibility index (Phi) is 5.09. The van der Waals surface area contributed by atoms with Gasteiger partial charge < -0.3 is 5.32 Å². The third-order valence-electron chi connectivity index (χ3n) is 5.27. The highest BCUT2D eigenvalue weighted by Crippen LogP contribution is 2.40. The number of hydrogen-bond donors (Lipinski definition) is 1. The molecule has 0 spiro atoms. The van der Waals surface area contributed by atoms with Crippen molar-refractivity contribution in [3.63, 3.8) is 0 Å². The first-order valence-electron chi connectivity index (χ1n) is 8.57. The lowest BCUT2D eigenvalue weighted by molar-refractivity contribution is 0.0999. The molecule has 1 aromatic rings. The molecule has 2 nitrogen and oxygen atoms in total. The van der Waals surface area contributed by atoms with Gasteiger partial charge in [0.05, 0.1) is 0 Å². The van der Waals surface area contributed by atoms with Crippen LogP contribution in [0.5, 0.6) is 0 Å². The number of nitrogens with one attached hydrogen (secondary N) is 1. The molecule has 1 aromatic carbocycles. The number of benzene rings is 1. The third kappa shape index (κ3) is 3.18. The quantitative estimate of drug-likeness (QED) is 0.913. The summed E-state index contributed by atoms with van der Waals surface area (Å²) >= 11 is 0. The molecule has 1 aliphatic carbocycles. The van der Waals surface area contributed by atoms with Crippen LogP contribution in [0.3, 0.4) is 0 Å². The molecule has 1 atom stereocenters. The molecule has 0 bridgehead atoms. The maximum atomic E-state index is 14.6. The van der Waals surface area contributed by atoms with E-state index in [2.05, 4.69) is 10.2 Å². The maximum absolute atomic E-state index is 14.6. The van der Waals surface area contributed by atoms with Crippen LogP contribution >= 0.6 is 0 Å². The molecule has 0 aromatic heterocycles. The van der Waals surface area contributed by atoms with Crippen molar-refractivity contribution in [1.29, 1.82) is 0 Å². The Bertz CT molecular complexity index is 488. The van der Waals surface area contributed by atoms with Crippen molar-refractivity contribution < 1.29 is 8.78 Å². The van der Waals surface area contributed by atoms with Crippen LogP contribution in [0.15, 0.2) is 12.1 Å². The van der Waals surface area contributed by atoms with Crippen LogP contribution in [0.1, 0.15) is 49.3 Å². The number of piperazine rings is 1. The molecule has 1 N–H and O–H groups in total. The second-order valence-corrected chi connectivity index (χ2v) is 6.73. The van der Waals surface area contributed by atoms with Gasteiger partial charge in [-0.2, -0.15) is 0 Å². The van der Waals surface area contributed by atoms with Gasteiger partial charge in [0, 0.05) is 37.8 Å². The number of rotatable bonds is 3.